The van der Waals surface area contributed by atoms with Crippen molar-refractivity contribution in [2.45, 2.75) is 45.3 Å². The molecule has 0 atom stereocenters. The zero-order valence-electron chi connectivity index (χ0n) is 11.6. The van der Waals surface area contributed by atoms with Crippen molar-refractivity contribution < 1.29 is 14.4 Å². The monoisotopic (exact) mass is 260 g/mol. The van der Waals surface area contributed by atoms with Crippen LogP contribution in [-0.2, 0) is 15.7 Å². The molecule has 0 radical (unpaired) electrons. The van der Waals surface area contributed by atoms with Crippen molar-refractivity contribution in [3.8, 4) is 11.8 Å². The van der Waals surface area contributed by atoms with E-state index in [4.69, 9.17) is 14.6 Å². The fourth-order valence-electron chi connectivity index (χ4n) is 1.90. The molecule has 1 aromatic heterocycles. The fourth-order valence-corrected chi connectivity index (χ4v) is 1.90. The van der Waals surface area contributed by atoms with Gasteiger partial charge in [-0.2, -0.15) is 5.26 Å². The molecule has 1 aliphatic rings. The standard InChI is InChI=1S/C13H17BN2O3/c1-12(2)13(3,4)19-14(18-12)11-9(5-6-15)7-10(17)8-16-11/h7-8,17H,5H2,1-4H3. The Kier molecular flexibility index (Phi) is 3.29. The molecule has 0 bridgehead atoms. The molecule has 2 heterocycles. The lowest BCUT2D eigenvalue weighted by Gasteiger charge is -2.32. The highest BCUT2D eigenvalue weighted by molar-refractivity contribution is 6.61. The lowest BCUT2D eigenvalue weighted by molar-refractivity contribution is 0.00578. The van der Waals surface area contributed by atoms with Crippen molar-refractivity contribution in [2.75, 3.05) is 0 Å². The number of aromatic nitrogens is 1. The van der Waals surface area contributed by atoms with Crippen molar-refractivity contribution in [1.82, 2.24) is 4.98 Å². The quantitative estimate of drug-likeness (QED) is 0.807. The lowest BCUT2D eigenvalue weighted by atomic mass is 9.80. The molecule has 5 nitrogen and oxygen atoms in total. The van der Waals surface area contributed by atoms with Gasteiger partial charge in [0.2, 0.25) is 0 Å². The van der Waals surface area contributed by atoms with Crippen LogP contribution in [0.15, 0.2) is 12.3 Å². The highest BCUT2D eigenvalue weighted by atomic mass is 16.7. The summed E-state index contributed by atoms with van der Waals surface area (Å²) in [6.45, 7) is 7.82. The first-order valence-electron chi connectivity index (χ1n) is 6.17. The molecule has 0 aliphatic carbocycles. The summed E-state index contributed by atoms with van der Waals surface area (Å²) in [5.41, 5.74) is 0.265. The van der Waals surface area contributed by atoms with E-state index in [0.717, 1.165) is 0 Å². The van der Waals surface area contributed by atoms with Gasteiger partial charge in [-0.3, -0.25) is 4.98 Å². The van der Waals surface area contributed by atoms with E-state index >= 15 is 0 Å². The van der Waals surface area contributed by atoms with Crippen LogP contribution in [0.5, 0.6) is 5.75 Å². The van der Waals surface area contributed by atoms with Crippen LogP contribution in [0, 0.1) is 11.3 Å². The van der Waals surface area contributed by atoms with Gasteiger partial charge in [0.25, 0.3) is 0 Å². The van der Waals surface area contributed by atoms with Gasteiger partial charge in [0, 0.05) is 0 Å². The SMILES string of the molecule is CC1(C)OB(c2ncc(O)cc2CC#N)OC1(C)C. The largest absolute Gasteiger partial charge is 0.514 e. The van der Waals surface area contributed by atoms with Crippen molar-refractivity contribution >= 4 is 12.7 Å². The molecule has 0 spiro atoms. The highest BCUT2D eigenvalue weighted by Crippen LogP contribution is 2.36. The van der Waals surface area contributed by atoms with E-state index in [0.29, 0.717) is 11.2 Å². The van der Waals surface area contributed by atoms with Crippen LogP contribution < -0.4 is 5.59 Å². The van der Waals surface area contributed by atoms with E-state index in [1.807, 2.05) is 27.7 Å². The summed E-state index contributed by atoms with van der Waals surface area (Å²) in [7, 11) is -0.617. The summed E-state index contributed by atoms with van der Waals surface area (Å²) in [4.78, 5) is 4.16. The van der Waals surface area contributed by atoms with Gasteiger partial charge in [0.15, 0.2) is 0 Å². The molecule has 1 saturated heterocycles. The first-order valence-corrected chi connectivity index (χ1v) is 6.17. The highest BCUT2D eigenvalue weighted by Gasteiger charge is 2.52. The van der Waals surface area contributed by atoms with Crippen LogP contribution in [0.3, 0.4) is 0 Å². The van der Waals surface area contributed by atoms with Crippen LogP contribution >= 0.6 is 0 Å². The first kappa shape index (κ1) is 13.8. The van der Waals surface area contributed by atoms with Gasteiger partial charge in [0.1, 0.15) is 5.75 Å². The van der Waals surface area contributed by atoms with E-state index in [1.54, 1.807) is 0 Å². The molecule has 1 N–H and O–H groups in total. The molecular weight excluding hydrogens is 243 g/mol. The minimum Gasteiger partial charge on any atom is -0.506 e. The number of hydrogen-bond donors (Lipinski definition) is 1. The molecule has 0 saturated carbocycles. The van der Waals surface area contributed by atoms with Gasteiger partial charge in [0.05, 0.1) is 35.5 Å². The second kappa shape index (κ2) is 4.51. The summed E-state index contributed by atoms with van der Waals surface area (Å²) in [6, 6.07) is 3.58. The van der Waals surface area contributed by atoms with Crippen molar-refractivity contribution in [1.29, 1.82) is 5.26 Å². The van der Waals surface area contributed by atoms with Crippen LogP contribution in [0.2, 0.25) is 0 Å². The topological polar surface area (TPSA) is 75.4 Å². The average molecular weight is 260 g/mol. The van der Waals surface area contributed by atoms with E-state index < -0.39 is 18.3 Å². The molecule has 0 aromatic carbocycles. The Hall–Kier alpha value is -1.58. The van der Waals surface area contributed by atoms with Gasteiger partial charge in [-0.1, -0.05) is 0 Å². The molecule has 6 heteroatoms. The second-order valence-corrected chi connectivity index (χ2v) is 5.66. The first-order chi connectivity index (χ1) is 8.77. The number of nitriles is 1. The fraction of sp³-hybridized carbons (Fsp3) is 0.538. The lowest BCUT2D eigenvalue weighted by Crippen LogP contribution is -2.41. The van der Waals surface area contributed by atoms with Gasteiger partial charge in [-0.25, -0.2) is 0 Å². The Balaban J connectivity index is 2.37. The van der Waals surface area contributed by atoms with Crippen LogP contribution in [0.1, 0.15) is 33.3 Å². The normalized spacial score (nSPS) is 20.3. The van der Waals surface area contributed by atoms with Crippen molar-refractivity contribution in [3.05, 3.63) is 17.8 Å². The zero-order valence-corrected chi connectivity index (χ0v) is 11.6. The van der Waals surface area contributed by atoms with E-state index in [1.165, 1.54) is 12.3 Å². The van der Waals surface area contributed by atoms with Gasteiger partial charge < -0.3 is 14.4 Å². The Labute approximate surface area is 113 Å². The third-order valence-corrected chi connectivity index (χ3v) is 3.73. The predicted octanol–water partition coefficient (Wildman–Crippen LogP) is 1.15. The van der Waals surface area contributed by atoms with E-state index in [9.17, 15) is 5.11 Å². The van der Waals surface area contributed by atoms with Crippen LogP contribution in [0.4, 0.5) is 0 Å². The maximum absolute atomic E-state index is 9.46. The number of aromatic hydroxyl groups is 1. The van der Waals surface area contributed by atoms with E-state index in [-0.39, 0.29) is 12.2 Å². The van der Waals surface area contributed by atoms with E-state index in [2.05, 4.69) is 11.1 Å². The molecule has 1 aromatic rings. The zero-order chi connectivity index (χ0) is 14.3. The molecule has 100 valence electrons. The summed E-state index contributed by atoms with van der Waals surface area (Å²) in [5, 5.41) is 18.3. The smallest absolute Gasteiger partial charge is 0.506 e. The summed E-state index contributed by atoms with van der Waals surface area (Å²) < 4.78 is 11.8. The van der Waals surface area contributed by atoms with Gasteiger partial charge >= 0.3 is 7.12 Å². The van der Waals surface area contributed by atoms with Crippen LogP contribution in [0.25, 0.3) is 0 Å². The Morgan fingerprint density at radius 1 is 1.32 bits per heavy atom. The third-order valence-electron chi connectivity index (χ3n) is 3.73. The Bertz CT molecular complexity index is 521. The predicted molar refractivity (Wildman–Crippen MR) is 70.9 cm³/mol. The minimum absolute atomic E-state index is 0.0329. The summed E-state index contributed by atoms with van der Waals surface area (Å²) in [6.07, 6.45) is 1.49. The molecule has 19 heavy (non-hydrogen) atoms. The second-order valence-electron chi connectivity index (χ2n) is 5.66. The molecule has 0 amide bonds. The third kappa shape index (κ3) is 2.44. The number of pyridine rings is 1. The van der Waals surface area contributed by atoms with Crippen molar-refractivity contribution in [2.24, 2.45) is 0 Å². The molecule has 1 aliphatic heterocycles. The summed E-state index contributed by atoms with van der Waals surface area (Å²) in [5.74, 6) is 0.0329. The number of nitrogens with zero attached hydrogens (tertiary/aromatic N) is 2. The Morgan fingerprint density at radius 2 is 1.89 bits per heavy atom. The van der Waals surface area contributed by atoms with Crippen LogP contribution in [-0.4, -0.2) is 28.4 Å². The molecule has 1 fully saturated rings. The molecule has 0 unspecified atom stereocenters. The average Bonchev–Trinajstić information content (AvgIpc) is 2.48. The van der Waals surface area contributed by atoms with Gasteiger partial charge in [-0.15, -0.1) is 0 Å². The number of rotatable bonds is 2. The minimum atomic E-state index is -0.617. The van der Waals surface area contributed by atoms with Gasteiger partial charge in [-0.05, 0) is 39.3 Å². The molecular formula is C13H17BN2O3. The maximum Gasteiger partial charge on any atom is 0.514 e. The summed E-state index contributed by atoms with van der Waals surface area (Å²) >= 11 is 0. The number of hydrogen-bond acceptors (Lipinski definition) is 5. The van der Waals surface area contributed by atoms with Crippen molar-refractivity contribution in [3.63, 3.8) is 0 Å². The molecule has 2 rings (SSSR count). The Morgan fingerprint density at radius 3 is 2.42 bits per heavy atom. The maximum atomic E-state index is 9.46.